The molecule has 0 saturated carbocycles. The molecule has 1 aromatic carbocycles. The van der Waals surface area contributed by atoms with Crippen molar-refractivity contribution in [2.45, 2.75) is 18.9 Å². The van der Waals surface area contributed by atoms with Crippen molar-refractivity contribution in [2.75, 3.05) is 19.7 Å². The average Bonchev–Trinajstić information content (AvgIpc) is 2.45. The van der Waals surface area contributed by atoms with E-state index in [1.165, 1.54) is 0 Å². The molecule has 1 unspecified atom stereocenters. The SMILES string of the molecule is C=CCOc1ccc(C(=O)N2CCCC(N)C2)cc1.Cl. The van der Waals surface area contributed by atoms with Crippen molar-refractivity contribution < 1.29 is 9.53 Å². The molecule has 0 radical (unpaired) electrons. The lowest BCUT2D eigenvalue weighted by atomic mass is 10.1. The van der Waals surface area contributed by atoms with Crippen LogP contribution in [-0.4, -0.2) is 36.5 Å². The number of carbonyl (C=O) groups excluding carboxylic acids is 1. The lowest BCUT2D eigenvalue weighted by molar-refractivity contribution is 0.0709. The molecule has 1 aromatic rings. The zero-order valence-electron chi connectivity index (χ0n) is 11.5. The summed E-state index contributed by atoms with van der Waals surface area (Å²) in [6, 6.07) is 7.30. The van der Waals surface area contributed by atoms with E-state index in [0.717, 1.165) is 25.1 Å². The molecule has 2 N–H and O–H groups in total. The monoisotopic (exact) mass is 296 g/mol. The molecule has 1 saturated heterocycles. The van der Waals surface area contributed by atoms with Crippen molar-refractivity contribution in [3.63, 3.8) is 0 Å². The van der Waals surface area contributed by atoms with E-state index in [9.17, 15) is 4.79 Å². The molecule has 1 aliphatic heterocycles. The van der Waals surface area contributed by atoms with Crippen molar-refractivity contribution in [3.8, 4) is 5.75 Å². The summed E-state index contributed by atoms with van der Waals surface area (Å²) in [5.41, 5.74) is 6.58. The summed E-state index contributed by atoms with van der Waals surface area (Å²) in [5, 5.41) is 0. The van der Waals surface area contributed by atoms with Gasteiger partial charge in [-0.05, 0) is 37.1 Å². The first-order chi connectivity index (χ1) is 9.20. The summed E-state index contributed by atoms with van der Waals surface area (Å²) >= 11 is 0. The highest BCUT2D eigenvalue weighted by Crippen LogP contribution is 2.16. The number of nitrogens with two attached hydrogens (primary N) is 1. The minimum Gasteiger partial charge on any atom is -0.490 e. The maximum absolute atomic E-state index is 12.3. The van der Waals surface area contributed by atoms with Crippen LogP contribution in [-0.2, 0) is 0 Å². The van der Waals surface area contributed by atoms with Crippen LogP contribution in [0.1, 0.15) is 23.2 Å². The average molecular weight is 297 g/mol. The highest BCUT2D eigenvalue weighted by Gasteiger charge is 2.22. The molecule has 0 aromatic heterocycles. The van der Waals surface area contributed by atoms with E-state index in [-0.39, 0.29) is 24.4 Å². The van der Waals surface area contributed by atoms with Crippen LogP contribution in [0.2, 0.25) is 0 Å². The highest BCUT2D eigenvalue weighted by atomic mass is 35.5. The molecule has 5 heteroatoms. The molecule has 1 atom stereocenters. The maximum atomic E-state index is 12.3. The second kappa shape index (κ2) is 7.92. The first-order valence-corrected chi connectivity index (χ1v) is 6.59. The van der Waals surface area contributed by atoms with Crippen molar-refractivity contribution >= 4 is 18.3 Å². The third-order valence-electron chi connectivity index (χ3n) is 3.21. The molecule has 1 fully saturated rings. The van der Waals surface area contributed by atoms with Gasteiger partial charge in [-0.15, -0.1) is 12.4 Å². The number of hydrogen-bond acceptors (Lipinski definition) is 3. The molecule has 0 bridgehead atoms. The third-order valence-corrected chi connectivity index (χ3v) is 3.21. The van der Waals surface area contributed by atoms with Crippen LogP contribution < -0.4 is 10.5 Å². The molecular formula is C15H21ClN2O2. The Balaban J connectivity index is 0.00000200. The molecule has 1 amide bonds. The lowest BCUT2D eigenvalue weighted by Gasteiger charge is -2.30. The number of halogens is 1. The first-order valence-electron chi connectivity index (χ1n) is 6.59. The van der Waals surface area contributed by atoms with Gasteiger partial charge in [0.05, 0.1) is 0 Å². The van der Waals surface area contributed by atoms with Gasteiger partial charge in [-0.3, -0.25) is 4.79 Å². The van der Waals surface area contributed by atoms with Gasteiger partial charge in [0.1, 0.15) is 12.4 Å². The molecule has 1 heterocycles. The zero-order valence-corrected chi connectivity index (χ0v) is 12.3. The van der Waals surface area contributed by atoms with Gasteiger partial charge in [-0.2, -0.15) is 0 Å². The second-order valence-electron chi connectivity index (χ2n) is 4.78. The molecular weight excluding hydrogens is 276 g/mol. The standard InChI is InChI=1S/C15H20N2O2.ClH/c1-2-10-19-14-7-5-12(6-8-14)15(18)17-9-3-4-13(16)11-17;/h2,5-8,13H,1,3-4,9-11,16H2;1H. The normalized spacial score (nSPS) is 18.1. The fourth-order valence-corrected chi connectivity index (χ4v) is 2.23. The predicted octanol–water partition coefficient (Wildman–Crippen LogP) is 2.24. The van der Waals surface area contributed by atoms with Gasteiger partial charge >= 0.3 is 0 Å². The van der Waals surface area contributed by atoms with Gasteiger partial charge in [0.2, 0.25) is 0 Å². The third kappa shape index (κ3) is 4.25. The minimum atomic E-state index is 0. The van der Waals surface area contributed by atoms with E-state index in [0.29, 0.717) is 18.7 Å². The largest absolute Gasteiger partial charge is 0.490 e. The van der Waals surface area contributed by atoms with Gasteiger partial charge in [-0.1, -0.05) is 12.7 Å². The van der Waals surface area contributed by atoms with E-state index in [1.807, 2.05) is 4.90 Å². The van der Waals surface area contributed by atoms with Gasteiger partial charge in [0.25, 0.3) is 5.91 Å². The zero-order chi connectivity index (χ0) is 13.7. The number of piperidine rings is 1. The molecule has 2 rings (SSSR count). The Labute approximate surface area is 126 Å². The Hall–Kier alpha value is -1.52. The van der Waals surface area contributed by atoms with E-state index in [4.69, 9.17) is 10.5 Å². The summed E-state index contributed by atoms with van der Waals surface area (Å²) < 4.78 is 5.39. The number of likely N-dealkylation sites (tertiary alicyclic amines) is 1. The minimum absolute atomic E-state index is 0. The summed E-state index contributed by atoms with van der Waals surface area (Å²) in [5.74, 6) is 0.789. The maximum Gasteiger partial charge on any atom is 0.253 e. The van der Waals surface area contributed by atoms with E-state index < -0.39 is 0 Å². The van der Waals surface area contributed by atoms with Crippen LogP contribution in [0.5, 0.6) is 5.75 Å². The molecule has 4 nitrogen and oxygen atoms in total. The van der Waals surface area contributed by atoms with Crippen LogP contribution in [0.4, 0.5) is 0 Å². The molecule has 0 spiro atoms. The number of benzene rings is 1. The van der Waals surface area contributed by atoms with Crippen LogP contribution in [0.3, 0.4) is 0 Å². The molecule has 1 aliphatic rings. The molecule has 110 valence electrons. The lowest BCUT2D eigenvalue weighted by Crippen LogP contribution is -2.45. The summed E-state index contributed by atoms with van der Waals surface area (Å²) in [7, 11) is 0. The Bertz CT molecular complexity index is 448. The number of ether oxygens (including phenoxy) is 1. The quantitative estimate of drug-likeness (QED) is 0.867. The number of nitrogens with zero attached hydrogens (tertiary/aromatic N) is 1. The second-order valence-corrected chi connectivity index (χ2v) is 4.78. The number of carbonyl (C=O) groups is 1. The van der Waals surface area contributed by atoms with Crippen LogP contribution >= 0.6 is 12.4 Å². The highest BCUT2D eigenvalue weighted by molar-refractivity contribution is 5.94. The smallest absolute Gasteiger partial charge is 0.253 e. The summed E-state index contributed by atoms with van der Waals surface area (Å²) in [4.78, 5) is 14.1. The van der Waals surface area contributed by atoms with Crippen LogP contribution in [0.25, 0.3) is 0 Å². The van der Waals surface area contributed by atoms with E-state index >= 15 is 0 Å². The number of hydrogen-bond donors (Lipinski definition) is 1. The Morgan fingerprint density at radius 2 is 2.15 bits per heavy atom. The van der Waals surface area contributed by atoms with E-state index in [2.05, 4.69) is 6.58 Å². The van der Waals surface area contributed by atoms with Crippen molar-refractivity contribution in [1.82, 2.24) is 4.90 Å². The van der Waals surface area contributed by atoms with Crippen LogP contribution in [0, 0.1) is 0 Å². The van der Waals surface area contributed by atoms with E-state index in [1.54, 1.807) is 30.3 Å². The fraction of sp³-hybridized carbons (Fsp3) is 0.400. The van der Waals surface area contributed by atoms with Crippen molar-refractivity contribution in [3.05, 3.63) is 42.5 Å². The Morgan fingerprint density at radius 3 is 2.75 bits per heavy atom. The molecule has 20 heavy (non-hydrogen) atoms. The van der Waals surface area contributed by atoms with Gasteiger partial charge in [0.15, 0.2) is 0 Å². The summed E-state index contributed by atoms with van der Waals surface area (Å²) in [6.07, 6.45) is 3.67. The van der Waals surface area contributed by atoms with Gasteiger partial charge < -0.3 is 15.4 Å². The number of rotatable bonds is 4. The Morgan fingerprint density at radius 1 is 1.45 bits per heavy atom. The Kier molecular flexibility index (Phi) is 6.55. The van der Waals surface area contributed by atoms with Crippen molar-refractivity contribution in [2.24, 2.45) is 5.73 Å². The predicted molar refractivity (Wildman–Crippen MR) is 82.5 cm³/mol. The van der Waals surface area contributed by atoms with Gasteiger partial charge in [0, 0.05) is 24.7 Å². The van der Waals surface area contributed by atoms with Crippen molar-refractivity contribution in [1.29, 1.82) is 0 Å². The first kappa shape index (κ1) is 16.5. The van der Waals surface area contributed by atoms with Crippen LogP contribution in [0.15, 0.2) is 36.9 Å². The fourth-order valence-electron chi connectivity index (χ4n) is 2.23. The van der Waals surface area contributed by atoms with Gasteiger partial charge in [-0.25, -0.2) is 0 Å². The summed E-state index contributed by atoms with van der Waals surface area (Å²) in [6.45, 7) is 5.50. The number of amides is 1. The topological polar surface area (TPSA) is 55.6 Å². The molecule has 0 aliphatic carbocycles.